The molecule has 2 saturated heterocycles. The molecule has 0 spiro atoms. The van der Waals surface area contributed by atoms with E-state index in [1.165, 1.54) is 12.7 Å². The topological polar surface area (TPSA) is 87.2 Å². The van der Waals surface area contributed by atoms with E-state index in [9.17, 15) is 8.42 Å². The summed E-state index contributed by atoms with van der Waals surface area (Å²) in [6.45, 7) is 2.23. The second-order valence-corrected chi connectivity index (χ2v) is 11.1. The molecule has 0 aliphatic carbocycles. The standard InChI is InChI=1S/C23H25N5O2S2/c29-32(30,28-13-2-1-3-14-28)20-10-7-18(8-11-20)27-23-22-21(25-16-26-23)15-19(31-22)9-6-17-5-4-12-24-17/h7-8,10-11,15-17,24H,1-5,12-14H2,(H,25,26,27)/t17-/m1/s1. The molecule has 7 nitrogen and oxygen atoms in total. The first kappa shape index (κ1) is 21.3. The predicted molar refractivity (Wildman–Crippen MR) is 128 cm³/mol. The summed E-state index contributed by atoms with van der Waals surface area (Å²) in [7, 11) is -3.43. The molecular weight excluding hydrogens is 442 g/mol. The Hall–Kier alpha value is -2.51. The molecule has 2 fully saturated rings. The SMILES string of the molecule is O=S(=O)(c1ccc(Nc2ncnc3cc(C#C[C@H]4CCCN4)sc23)cc1)N1CCCCC1. The minimum absolute atomic E-state index is 0.267. The molecule has 5 rings (SSSR count). The highest BCUT2D eigenvalue weighted by Crippen LogP contribution is 2.31. The zero-order chi connectivity index (χ0) is 22.0. The third kappa shape index (κ3) is 4.50. The van der Waals surface area contributed by atoms with Gasteiger partial charge in [0.1, 0.15) is 6.33 Å². The second kappa shape index (κ2) is 9.16. The normalized spacial score (nSPS) is 19.6. The van der Waals surface area contributed by atoms with Gasteiger partial charge in [0.2, 0.25) is 10.0 Å². The molecule has 1 aromatic carbocycles. The molecule has 2 N–H and O–H groups in total. The van der Waals surface area contributed by atoms with Crippen molar-refractivity contribution in [2.24, 2.45) is 0 Å². The van der Waals surface area contributed by atoms with E-state index in [1.54, 1.807) is 39.9 Å². The molecule has 0 bridgehead atoms. The van der Waals surface area contributed by atoms with Gasteiger partial charge in [-0.05, 0) is 62.6 Å². The third-order valence-corrected chi connectivity index (χ3v) is 8.77. The van der Waals surface area contributed by atoms with Crippen LogP contribution in [-0.4, -0.2) is 48.4 Å². The van der Waals surface area contributed by atoms with Crippen LogP contribution in [0, 0.1) is 11.8 Å². The zero-order valence-corrected chi connectivity index (χ0v) is 19.3. The molecule has 2 aliphatic rings. The van der Waals surface area contributed by atoms with E-state index in [2.05, 4.69) is 32.4 Å². The van der Waals surface area contributed by atoms with Gasteiger partial charge in [-0.2, -0.15) is 4.31 Å². The molecule has 0 radical (unpaired) electrons. The number of fused-ring (bicyclic) bond motifs is 1. The lowest BCUT2D eigenvalue weighted by Gasteiger charge is -2.25. The van der Waals surface area contributed by atoms with E-state index in [0.717, 1.165) is 53.0 Å². The Morgan fingerprint density at radius 1 is 1.09 bits per heavy atom. The molecule has 2 aromatic heterocycles. The lowest BCUT2D eigenvalue weighted by Crippen LogP contribution is -2.35. The molecule has 4 heterocycles. The Labute approximate surface area is 192 Å². The predicted octanol–water partition coefficient (Wildman–Crippen LogP) is 3.71. The number of benzene rings is 1. The fourth-order valence-corrected chi connectivity index (χ4v) is 6.51. The van der Waals surface area contributed by atoms with E-state index in [-0.39, 0.29) is 6.04 Å². The van der Waals surface area contributed by atoms with Gasteiger partial charge < -0.3 is 10.6 Å². The van der Waals surface area contributed by atoms with Crippen molar-refractivity contribution in [3.05, 3.63) is 41.5 Å². The van der Waals surface area contributed by atoms with Gasteiger partial charge in [-0.1, -0.05) is 18.3 Å². The van der Waals surface area contributed by atoms with E-state index >= 15 is 0 Å². The zero-order valence-electron chi connectivity index (χ0n) is 17.7. The van der Waals surface area contributed by atoms with Gasteiger partial charge in [-0.15, -0.1) is 11.3 Å². The monoisotopic (exact) mass is 467 g/mol. The number of nitrogens with one attached hydrogen (secondary N) is 2. The number of rotatable bonds is 4. The van der Waals surface area contributed by atoms with Crippen LogP contribution in [-0.2, 0) is 10.0 Å². The highest BCUT2D eigenvalue weighted by atomic mass is 32.2. The summed E-state index contributed by atoms with van der Waals surface area (Å²) in [5.41, 5.74) is 1.62. The highest BCUT2D eigenvalue weighted by Gasteiger charge is 2.25. The molecule has 2 aliphatic heterocycles. The summed E-state index contributed by atoms with van der Waals surface area (Å²) in [6.07, 6.45) is 6.73. The number of hydrogen-bond acceptors (Lipinski definition) is 7. The average molecular weight is 468 g/mol. The first-order valence-corrected chi connectivity index (χ1v) is 13.2. The third-order valence-electron chi connectivity index (χ3n) is 5.81. The van der Waals surface area contributed by atoms with Crippen molar-refractivity contribution in [1.29, 1.82) is 0 Å². The van der Waals surface area contributed by atoms with Gasteiger partial charge >= 0.3 is 0 Å². The maximum absolute atomic E-state index is 12.9. The van der Waals surface area contributed by atoms with Gasteiger partial charge in [0.05, 0.1) is 26.0 Å². The van der Waals surface area contributed by atoms with Crippen LogP contribution < -0.4 is 10.6 Å². The summed E-state index contributed by atoms with van der Waals surface area (Å²) in [5.74, 6) is 7.25. The van der Waals surface area contributed by atoms with Crippen LogP contribution in [0.5, 0.6) is 0 Å². The van der Waals surface area contributed by atoms with Crippen LogP contribution >= 0.6 is 11.3 Å². The van der Waals surface area contributed by atoms with Crippen molar-refractivity contribution in [3.8, 4) is 11.8 Å². The highest BCUT2D eigenvalue weighted by molar-refractivity contribution is 7.89. The summed E-state index contributed by atoms with van der Waals surface area (Å²) in [4.78, 5) is 10.1. The fraction of sp³-hybridized carbons (Fsp3) is 0.391. The largest absolute Gasteiger partial charge is 0.339 e. The summed E-state index contributed by atoms with van der Waals surface area (Å²) < 4.78 is 28.2. The number of sulfonamides is 1. The smallest absolute Gasteiger partial charge is 0.243 e. The minimum Gasteiger partial charge on any atom is -0.339 e. The molecule has 1 atom stereocenters. The van der Waals surface area contributed by atoms with Gasteiger partial charge in [0.15, 0.2) is 5.82 Å². The van der Waals surface area contributed by atoms with E-state index in [0.29, 0.717) is 23.8 Å². The molecule has 9 heteroatoms. The van der Waals surface area contributed by atoms with Crippen LogP contribution in [0.4, 0.5) is 11.5 Å². The van der Waals surface area contributed by atoms with Crippen LogP contribution in [0.25, 0.3) is 10.2 Å². The quantitative estimate of drug-likeness (QED) is 0.569. The van der Waals surface area contributed by atoms with Gasteiger partial charge in [-0.25, -0.2) is 18.4 Å². The van der Waals surface area contributed by atoms with Gasteiger partial charge in [0, 0.05) is 18.8 Å². The molecule has 32 heavy (non-hydrogen) atoms. The van der Waals surface area contributed by atoms with Crippen molar-refractivity contribution in [2.75, 3.05) is 25.0 Å². The number of aromatic nitrogens is 2. The Balaban J connectivity index is 1.35. The second-order valence-electron chi connectivity index (χ2n) is 8.08. The van der Waals surface area contributed by atoms with Crippen molar-refractivity contribution >= 4 is 43.1 Å². The summed E-state index contributed by atoms with van der Waals surface area (Å²) >= 11 is 1.56. The molecule has 3 aromatic rings. The van der Waals surface area contributed by atoms with Gasteiger partial charge in [-0.3, -0.25) is 0 Å². The van der Waals surface area contributed by atoms with Crippen molar-refractivity contribution in [3.63, 3.8) is 0 Å². The average Bonchev–Trinajstić information content (AvgIpc) is 3.49. The number of anilines is 2. The molecule has 0 unspecified atom stereocenters. The number of piperidine rings is 1. The van der Waals surface area contributed by atoms with Crippen LogP contribution in [0.3, 0.4) is 0 Å². The lowest BCUT2D eigenvalue weighted by molar-refractivity contribution is 0.346. The maximum atomic E-state index is 12.9. The molecule has 0 amide bonds. The van der Waals surface area contributed by atoms with Crippen LogP contribution in [0.1, 0.15) is 37.0 Å². The minimum atomic E-state index is -3.43. The number of nitrogens with zero attached hydrogens (tertiary/aromatic N) is 3. The van der Waals surface area contributed by atoms with E-state index < -0.39 is 10.0 Å². The van der Waals surface area contributed by atoms with Crippen LogP contribution in [0.15, 0.2) is 41.6 Å². The lowest BCUT2D eigenvalue weighted by atomic mass is 10.2. The Bertz CT molecular complexity index is 1260. The van der Waals surface area contributed by atoms with Crippen molar-refractivity contribution < 1.29 is 8.42 Å². The summed E-state index contributed by atoms with van der Waals surface area (Å²) in [5, 5.41) is 6.69. The van der Waals surface area contributed by atoms with Crippen molar-refractivity contribution in [2.45, 2.75) is 43.0 Å². The van der Waals surface area contributed by atoms with Crippen molar-refractivity contribution in [1.82, 2.24) is 19.6 Å². The van der Waals surface area contributed by atoms with E-state index in [4.69, 9.17) is 0 Å². The number of thiophene rings is 1. The number of hydrogen-bond donors (Lipinski definition) is 2. The first-order valence-electron chi connectivity index (χ1n) is 11.0. The molecular formula is C23H25N5O2S2. The maximum Gasteiger partial charge on any atom is 0.243 e. The summed E-state index contributed by atoms with van der Waals surface area (Å²) in [6, 6.07) is 9.14. The first-order chi connectivity index (χ1) is 15.6. The molecule has 166 valence electrons. The molecule has 0 saturated carbocycles. The van der Waals surface area contributed by atoms with Gasteiger partial charge in [0.25, 0.3) is 0 Å². The Morgan fingerprint density at radius 3 is 2.66 bits per heavy atom. The Morgan fingerprint density at radius 2 is 1.91 bits per heavy atom. The Kier molecular flexibility index (Phi) is 6.11. The van der Waals surface area contributed by atoms with E-state index in [1.807, 2.05) is 6.07 Å². The van der Waals surface area contributed by atoms with Crippen LogP contribution in [0.2, 0.25) is 0 Å². The fourth-order valence-electron chi connectivity index (χ4n) is 4.07.